The second kappa shape index (κ2) is 12.6. The van der Waals surface area contributed by atoms with Crippen molar-refractivity contribution in [2.24, 2.45) is 11.8 Å². The molecule has 7 heteroatoms. The van der Waals surface area contributed by atoms with Crippen LogP contribution >= 0.6 is 11.3 Å². The van der Waals surface area contributed by atoms with Gasteiger partial charge in [-0.3, -0.25) is 0 Å². The van der Waals surface area contributed by atoms with E-state index >= 15 is 0 Å². The molecule has 180 valence electrons. The van der Waals surface area contributed by atoms with E-state index in [2.05, 4.69) is 17.5 Å². The lowest BCUT2D eigenvalue weighted by Crippen LogP contribution is -2.41. The predicted molar refractivity (Wildman–Crippen MR) is 122 cm³/mol. The number of ether oxygens (including phenoxy) is 4. The quantitative estimate of drug-likeness (QED) is 0.485. The largest absolute Gasteiger partial charge is 0.393 e. The van der Waals surface area contributed by atoms with Gasteiger partial charge in [-0.1, -0.05) is 6.07 Å². The fraction of sp³-hybridized carbons (Fsp3) is 0.800. The molecule has 1 aromatic rings. The van der Waals surface area contributed by atoms with Crippen LogP contribution in [0.5, 0.6) is 0 Å². The summed E-state index contributed by atoms with van der Waals surface area (Å²) in [4.78, 5) is 12.9. The number of hydrogen-bond donors (Lipinski definition) is 1. The number of aliphatic hydroxyl groups is 1. The van der Waals surface area contributed by atoms with Crippen molar-refractivity contribution in [3.8, 4) is 0 Å². The minimum absolute atomic E-state index is 0.0467. The Morgan fingerprint density at radius 3 is 2.59 bits per heavy atom. The Labute approximate surface area is 195 Å². The lowest BCUT2D eigenvalue weighted by molar-refractivity contribution is -0.232. The number of rotatable bonds is 11. The van der Waals surface area contributed by atoms with Gasteiger partial charge in [0.25, 0.3) is 0 Å². The van der Waals surface area contributed by atoms with Gasteiger partial charge < -0.3 is 28.8 Å². The van der Waals surface area contributed by atoms with Gasteiger partial charge in [-0.2, -0.15) is 0 Å². The number of aldehydes is 1. The summed E-state index contributed by atoms with van der Waals surface area (Å²) in [5.41, 5.74) is 0. The molecule has 4 rings (SSSR count). The van der Waals surface area contributed by atoms with Crippen LogP contribution in [0.1, 0.15) is 69.1 Å². The van der Waals surface area contributed by atoms with Gasteiger partial charge >= 0.3 is 0 Å². The van der Waals surface area contributed by atoms with Gasteiger partial charge in [0.15, 0.2) is 12.6 Å². The van der Waals surface area contributed by atoms with Crippen molar-refractivity contribution in [1.29, 1.82) is 0 Å². The fourth-order valence-electron chi connectivity index (χ4n) is 5.50. The van der Waals surface area contributed by atoms with Crippen molar-refractivity contribution in [3.63, 3.8) is 0 Å². The molecule has 6 nitrogen and oxygen atoms in total. The maximum absolute atomic E-state index is 11.5. The second-order valence-electron chi connectivity index (χ2n) is 9.36. The zero-order valence-electron chi connectivity index (χ0n) is 18.9. The normalized spacial score (nSPS) is 34.4. The molecule has 0 radical (unpaired) electrons. The first-order chi connectivity index (χ1) is 15.7. The van der Waals surface area contributed by atoms with Crippen LogP contribution in [0.15, 0.2) is 17.5 Å². The average Bonchev–Trinajstić information content (AvgIpc) is 3.43. The molecule has 32 heavy (non-hydrogen) atoms. The number of carbonyl (C=O) groups is 1. The molecule has 1 aliphatic carbocycles. The summed E-state index contributed by atoms with van der Waals surface area (Å²) in [6.07, 6.45) is 9.47. The first-order valence-corrected chi connectivity index (χ1v) is 13.3. The molecule has 2 saturated heterocycles. The van der Waals surface area contributed by atoms with E-state index in [1.165, 1.54) is 4.88 Å². The standard InChI is InChI=1S/C25H38O6S/c26-13-12-19-20(27)17-22(31-24-11-2-4-15-29-24)25(19)21(30-23-10-1-3-14-28-23)9-5-7-18-8-6-16-32-18/h6,8,13,16,19-25,27H,1-5,7,9-12,14-15,17H2/t19-,20-,21?,22+,23?,24?,25+/m0/s1. The molecular formula is C25H38O6S. The van der Waals surface area contributed by atoms with Crippen LogP contribution in [-0.4, -0.2) is 55.5 Å². The number of thiophene rings is 1. The molecule has 3 aliphatic rings. The SMILES string of the molecule is O=CC[C@@H]1[C@H](C(CCCc2cccs2)OC2CCCCO2)[C@H](OC2CCCCO2)C[C@@H]1O. The molecule has 0 amide bonds. The van der Waals surface area contributed by atoms with Gasteiger partial charge in [0.1, 0.15) is 6.29 Å². The van der Waals surface area contributed by atoms with E-state index < -0.39 is 6.10 Å². The summed E-state index contributed by atoms with van der Waals surface area (Å²) in [7, 11) is 0. The minimum atomic E-state index is -0.561. The van der Waals surface area contributed by atoms with E-state index in [0.29, 0.717) is 12.8 Å². The van der Waals surface area contributed by atoms with Crippen LogP contribution < -0.4 is 0 Å². The van der Waals surface area contributed by atoms with E-state index in [1.807, 2.05) is 0 Å². The van der Waals surface area contributed by atoms with Crippen LogP contribution in [-0.2, 0) is 30.2 Å². The van der Waals surface area contributed by atoms with Gasteiger partial charge in [-0.15, -0.1) is 11.3 Å². The summed E-state index contributed by atoms with van der Waals surface area (Å²) in [6.45, 7) is 1.45. The highest BCUT2D eigenvalue weighted by Crippen LogP contribution is 2.42. The van der Waals surface area contributed by atoms with E-state index in [9.17, 15) is 9.90 Å². The third kappa shape index (κ3) is 6.61. The smallest absolute Gasteiger partial charge is 0.157 e. The van der Waals surface area contributed by atoms with Gasteiger partial charge in [0.2, 0.25) is 0 Å². The Kier molecular flexibility index (Phi) is 9.55. The summed E-state index contributed by atoms with van der Waals surface area (Å²) in [5, 5.41) is 13.0. The van der Waals surface area contributed by atoms with Crippen LogP contribution in [0, 0.1) is 11.8 Å². The van der Waals surface area contributed by atoms with Crippen molar-refractivity contribution in [1.82, 2.24) is 0 Å². The molecule has 1 saturated carbocycles. The van der Waals surface area contributed by atoms with E-state index in [4.69, 9.17) is 18.9 Å². The van der Waals surface area contributed by atoms with Gasteiger partial charge in [0, 0.05) is 36.9 Å². The Bertz CT molecular complexity index is 655. The lowest BCUT2D eigenvalue weighted by atomic mass is 9.84. The molecule has 3 heterocycles. The van der Waals surface area contributed by atoms with Crippen molar-refractivity contribution >= 4 is 17.6 Å². The highest BCUT2D eigenvalue weighted by atomic mass is 32.1. The number of aliphatic hydroxyl groups excluding tert-OH is 1. The van der Waals surface area contributed by atoms with Gasteiger partial charge in [0.05, 0.1) is 18.3 Å². The van der Waals surface area contributed by atoms with E-state index in [0.717, 1.165) is 77.3 Å². The molecule has 3 fully saturated rings. The monoisotopic (exact) mass is 466 g/mol. The van der Waals surface area contributed by atoms with Gasteiger partial charge in [-0.05, 0) is 75.2 Å². The molecule has 0 bridgehead atoms. The van der Waals surface area contributed by atoms with Crippen molar-refractivity contribution < 1.29 is 28.8 Å². The maximum Gasteiger partial charge on any atom is 0.157 e. The highest BCUT2D eigenvalue weighted by molar-refractivity contribution is 7.09. The molecule has 2 aliphatic heterocycles. The molecule has 1 aromatic heterocycles. The number of carbonyl (C=O) groups excluding carboxylic acids is 1. The Balaban J connectivity index is 1.48. The van der Waals surface area contributed by atoms with Crippen molar-refractivity contribution in [3.05, 3.63) is 22.4 Å². The topological polar surface area (TPSA) is 74.2 Å². The summed E-state index contributed by atoms with van der Waals surface area (Å²) in [6, 6.07) is 4.26. The van der Waals surface area contributed by atoms with E-state index in [1.54, 1.807) is 11.3 Å². The lowest BCUT2D eigenvalue weighted by Gasteiger charge is -2.37. The predicted octanol–water partition coefficient (Wildman–Crippen LogP) is 4.48. The number of hydrogen-bond acceptors (Lipinski definition) is 7. The molecule has 1 N–H and O–H groups in total. The first-order valence-electron chi connectivity index (χ1n) is 12.4. The molecule has 7 atom stereocenters. The number of aryl methyl sites for hydroxylation is 1. The second-order valence-corrected chi connectivity index (χ2v) is 10.4. The minimum Gasteiger partial charge on any atom is -0.393 e. The first kappa shape index (κ1) is 24.3. The summed E-state index contributed by atoms with van der Waals surface area (Å²) in [5.74, 6) is -0.203. The summed E-state index contributed by atoms with van der Waals surface area (Å²) >= 11 is 1.78. The molecular weight excluding hydrogens is 428 g/mol. The van der Waals surface area contributed by atoms with Crippen LogP contribution in [0.4, 0.5) is 0 Å². The Morgan fingerprint density at radius 1 is 1.16 bits per heavy atom. The molecule has 0 spiro atoms. The third-order valence-corrected chi connectivity index (χ3v) is 8.05. The third-order valence-electron chi connectivity index (χ3n) is 7.11. The highest BCUT2D eigenvalue weighted by Gasteiger charge is 2.48. The molecule has 0 aromatic carbocycles. The van der Waals surface area contributed by atoms with Crippen molar-refractivity contribution in [2.45, 2.75) is 102 Å². The van der Waals surface area contributed by atoms with Crippen LogP contribution in [0.2, 0.25) is 0 Å². The Morgan fingerprint density at radius 2 is 1.94 bits per heavy atom. The maximum atomic E-state index is 11.5. The van der Waals surface area contributed by atoms with Crippen LogP contribution in [0.25, 0.3) is 0 Å². The zero-order chi connectivity index (χ0) is 22.2. The van der Waals surface area contributed by atoms with Gasteiger partial charge in [-0.25, -0.2) is 0 Å². The van der Waals surface area contributed by atoms with Crippen molar-refractivity contribution in [2.75, 3.05) is 13.2 Å². The Hall–Kier alpha value is -0.830. The average molecular weight is 467 g/mol. The fourth-order valence-corrected chi connectivity index (χ4v) is 6.25. The molecule has 3 unspecified atom stereocenters. The van der Waals surface area contributed by atoms with Crippen LogP contribution in [0.3, 0.4) is 0 Å². The summed E-state index contributed by atoms with van der Waals surface area (Å²) < 4.78 is 24.7. The zero-order valence-corrected chi connectivity index (χ0v) is 19.8. The van der Waals surface area contributed by atoms with E-state index in [-0.39, 0.29) is 36.6 Å².